The van der Waals surface area contributed by atoms with E-state index in [1.165, 1.54) is 12.1 Å². The number of ether oxygens (including phenoxy) is 3. The lowest BCUT2D eigenvalue weighted by molar-refractivity contribution is -0.385. The molecule has 2 aliphatic heterocycles. The first-order valence-electron chi connectivity index (χ1n) is 5.67. The molecule has 96 valence electrons. The van der Waals surface area contributed by atoms with Crippen LogP contribution < -0.4 is 4.74 Å². The van der Waals surface area contributed by atoms with Crippen molar-refractivity contribution in [3.8, 4) is 5.75 Å². The van der Waals surface area contributed by atoms with Gasteiger partial charge in [-0.25, -0.2) is 0 Å². The normalized spacial score (nSPS) is 32.1. The number of fused-ring (bicyclic) bond motifs is 3. The molecule has 1 saturated heterocycles. The highest BCUT2D eigenvalue weighted by Gasteiger charge is 2.59. The lowest BCUT2D eigenvalue weighted by Crippen LogP contribution is -2.45. The molecule has 0 aliphatic carbocycles. The van der Waals surface area contributed by atoms with Gasteiger partial charge in [0.05, 0.1) is 11.5 Å². The SMILES string of the molecule is COC[C@@]1(C)Oc2ccc([N+](=O)[O-])cc2[C@H]2O[C@H]21. The molecule has 3 rings (SSSR count). The molecule has 2 aliphatic rings. The van der Waals surface area contributed by atoms with Gasteiger partial charge in [0.2, 0.25) is 0 Å². The molecule has 3 atom stereocenters. The van der Waals surface area contributed by atoms with E-state index in [1.807, 2.05) is 6.92 Å². The molecule has 0 aromatic heterocycles. The number of nitro groups is 1. The van der Waals surface area contributed by atoms with E-state index in [0.717, 1.165) is 5.56 Å². The molecule has 0 N–H and O–H groups in total. The summed E-state index contributed by atoms with van der Waals surface area (Å²) in [6.07, 6.45) is -0.208. The Kier molecular flexibility index (Phi) is 2.33. The fourth-order valence-electron chi connectivity index (χ4n) is 2.49. The van der Waals surface area contributed by atoms with E-state index in [2.05, 4.69) is 0 Å². The average molecular weight is 251 g/mol. The Morgan fingerprint density at radius 1 is 1.56 bits per heavy atom. The number of rotatable bonds is 3. The van der Waals surface area contributed by atoms with Crippen LogP contribution in [0.5, 0.6) is 5.75 Å². The fourth-order valence-corrected chi connectivity index (χ4v) is 2.49. The van der Waals surface area contributed by atoms with Crippen LogP contribution in [0.3, 0.4) is 0 Å². The van der Waals surface area contributed by atoms with Gasteiger partial charge in [-0.2, -0.15) is 0 Å². The van der Waals surface area contributed by atoms with Crippen LogP contribution in [0.25, 0.3) is 0 Å². The van der Waals surface area contributed by atoms with Gasteiger partial charge in [-0.05, 0) is 13.0 Å². The van der Waals surface area contributed by atoms with Gasteiger partial charge in [0, 0.05) is 24.8 Å². The maximum absolute atomic E-state index is 10.7. The summed E-state index contributed by atoms with van der Waals surface area (Å²) in [5.41, 5.74) is 0.285. The Labute approximate surface area is 104 Å². The number of hydrogen-bond acceptors (Lipinski definition) is 5. The first-order chi connectivity index (χ1) is 8.55. The maximum Gasteiger partial charge on any atom is 0.270 e. The lowest BCUT2D eigenvalue weighted by Gasteiger charge is -2.32. The lowest BCUT2D eigenvalue weighted by atomic mass is 9.93. The largest absolute Gasteiger partial charge is 0.482 e. The van der Waals surface area contributed by atoms with E-state index in [4.69, 9.17) is 14.2 Å². The number of epoxide rings is 1. The molecule has 1 aromatic carbocycles. The second-order valence-corrected chi connectivity index (χ2v) is 4.80. The Balaban J connectivity index is 1.97. The maximum atomic E-state index is 10.7. The molecule has 0 spiro atoms. The zero-order valence-corrected chi connectivity index (χ0v) is 10.1. The van der Waals surface area contributed by atoms with Crippen molar-refractivity contribution in [3.63, 3.8) is 0 Å². The molecule has 18 heavy (non-hydrogen) atoms. The highest BCUT2D eigenvalue weighted by atomic mass is 16.6. The number of non-ortho nitro benzene ring substituents is 1. The molecule has 6 nitrogen and oxygen atoms in total. The third-order valence-corrected chi connectivity index (χ3v) is 3.38. The third kappa shape index (κ3) is 1.57. The van der Waals surface area contributed by atoms with Crippen LogP contribution >= 0.6 is 0 Å². The molecule has 0 saturated carbocycles. The van der Waals surface area contributed by atoms with Gasteiger partial charge in [0.25, 0.3) is 5.69 Å². The molecule has 0 radical (unpaired) electrons. The Morgan fingerprint density at radius 2 is 2.33 bits per heavy atom. The van der Waals surface area contributed by atoms with Crippen molar-refractivity contribution in [1.29, 1.82) is 0 Å². The van der Waals surface area contributed by atoms with Crippen molar-refractivity contribution in [1.82, 2.24) is 0 Å². The van der Waals surface area contributed by atoms with E-state index >= 15 is 0 Å². The number of benzene rings is 1. The van der Waals surface area contributed by atoms with Crippen molar-refractivity contribution < 1.29 is 19.1 Å². The number of hydrogen-bond donors (Lipinski definition) is 0. The predicted octanol–water partition coefficient (Wildman–Crippen LogP) is 1.83. The number of nitrogens with zero attached hydrogens (tertiary/aromatic N) is 1. The third-order valence-electron chi connectivity index (χ3n) is 3.38. The summed E-state index contributed by atoms with van der Waals surface area (Å²) < 4.78 is 16.6. The van der Waals surface area contributed by atoms with Crippen LogP contribution in [-0.4, -0.2) is 30.3 Å². The summed E-state index contributed by atoms with van der Waals surface area (Å²) in [6, 6.07) is 4.58. The summed E-state index contributed by atoms with van der Waals surface area (Å²) in [6.45, 7) is 2.34. The monoisotopic (exact) mass is 251 g/mol. The Bertz CT molecular complexity index is 517. The minimum atomic E-state index is -0.525. The van der Waals surface area contributed by atoms with E-state index in [0.29, 0.717) is 12.4 Å². The highest BCUT2D eigenvalue weighted by Crippen LogP contribution is 2.54. The first kappa shape index (κ1) is 11.4. The van der Waals surface area contributed by atoms with Crippen LogP contribution in [0.4, 0.5) is 5.69 Å². The van der Waals surface area contributed by atoms with Crippen LogP contribution in [-0.2, 0) is 9.47 Å². The van der Waals surface area contributed by atoms with E-state index < -0.39 is 10.5 Å². The van der Waals surface area contributed by atoms with E-state index in [9.17, 15) is 10.1 Å². The topological polar surface area (TPSA) is 74.1 Å². The van der Waals surface area contributed by atoms with Gasteiger partial charge in [-0.3, -0.25) is 10.1 Å². The second-order valence-electron chi connectivity index (χ2n) is 4.80. The summed E-state index contributed by atoms with van der Waals surface area (Å²) in [7, 11) is 1.61. The zero-order valence-electron chi connectivity index (χ0n) is 10.1. The number of methoxy groups -OCH3 is 1. The average Bonchev–Trinajstić information content (AvgIpc) is 3.10. The molecular formula is C12H13NO5. The van der Waals surface area contributed by atoms with Gasteiger partial charge < -0.3 is 14.2 Å². The predicted molar refractivity (Wildman–Crippen MR) is 61.6 cm³/mol. The quantitative estimate of drug-likeness (QED) is 0.465. The van der Waals surface area contributed by atoms with Crippen molar-refractivity contribution in [2.75, 3.05) is 13.7 Å². The smallest absolute Gasteiger partial charge is 0.270 e. The minimum Gasteiger partial charge on any atom is -0.482 e. The molecule has 0 amide bonds. The number of nitro benzene ring substituents is 1. The summed E-state index contributed by atoms with van der Waals surface area (Å²) in [5.74, 6) is 0.638. The van der Waals surface area contributed by atoms with Gasteiger partial charge >= 0.3 is 0 Å². The van der Waals surface area contributed by atoms with E-state index in [-0.39, 0.29) is 17.9 Å². The molecule has 1 aromatic rings. The fraction of sp³-hybridized carbons (Fsp3) is 0.500. The standard InChI is InChI=1S/C12H13NO5/c1-12(6-16-2)11-10(17-11)8-5-7(13(14)15)3-4-9(8)18-12/h3-5,10-11H,6H2,1-2H3/t10-,11-,12-/m1/s1. The molecule has 6 heteroatoms. The van der Waals surface area contributed by atoms with Crippen LogP contribution in [0.2, 0.25) is 0 Å². The second kappa shape index (κ2) is 3.66. The molecule has 2 heterocycles. The van der Waals surface area contributed by atoms with Crippen molar-refractivity contribution in [2.45, 2.75) is 24.7 Å². The molecule has 0 unspecified atom stereocenters. The van der Waals surface area contributed by atoms with Crippen molar-refractivity contribution in [3.05, 3.63) is 33.9 Å². The van der Waals surface area contributed by atoms with E-state index in [1.54, 1.807) is 13.2 Å². The summed E-state index contributed by atoms with van der Waals surface area (Å²) in [4.78, 5) is 10.3. The highest BCUT2D eigenvalue weighted by molar-refractivity contribution is 5.49. The van der Waals surface area contributed by atoms with Gasteiger partial charge in [-0.1, -0.05) is 0 Å². The Hall–Kier alpha value is -1.66. The minimum absolute atomic E-state index is 0.0574. The molecule has 0 bridgehead atoms. The summed E-state index contributed by atoms with van der Waals surface area (Å²) in [5, 5.41) is 10.7. The van der Waals surface area contributed by atoms with Gasteiger partial charge in [0.1, 0.15) is 18.0 Å². The van der Waals surface area contributed by atoms with Crippen LogP contribution in [0.15, 0.2) is 18.2 Å². The Morgan fingerprint density at radius 3 is 3.00 bits per heavy atom. The van der Waals surface area contributed by atoms with Crippen LogP contribution in [0, 0.1) is 10.1 Å². The van der Waals surface area contributed by atoms with Gasteiger partial charge in [-0.15, -0.1) is 0 Å². The molecular weight excluding hydrogens is 238 g/mol. The van der Waals surface area contributed by atoms with Crippen molar-refractivity contribution in [2.24, 2.45) is 0 Å². The molecule has 1 fully saturated rings. The van der Waals surface area contributed by atoms with Crippen LogP contribution in [0.1, 0.15) is 18.6 Å². The van der Waals surface area contributed by atoms with Crippen molar-refractivity contribution >= 4 is 5.69 Å². The summed E-state index contributed by atoms with van der Waals surface area (Å²) >= 11 is 0. The first-order valence-corrected chi connectivity index (χ1v) is 5.67. The zero-order chi connectivity index (χ0) is 12.9. The van der Waals surface area contributed by atoms with Gasteiger partial charge in [0.15, 0.2) is 5.60 Å².